The van der Waals surface area contributed by atoms with Crippen LogP contribution in [0.3, 0.4) is 0 Å². The second-order valence-electron chi connectivity index (χ2n) is 11.4. The van der Waals surface area contributed by atoms with Gasteiger partial charge in [-0.25, -0.2) is 0 Å². The molecule has 1 saturated heterocycles. The Kier molecular flexibility index (Phi) is 9.45. The molecule has 3 rings (SSSR count). The maximum Gasteiger partial charge on any atom is 0.416 e. The number of carbonyl (C=O) groups is 1. The predicted molar refractivity (Wildman–Crippen MR) is 137 cm³/mol. The fourth-order valence-corrected chi connectivity index (χ4v) is 6.38. The fourth-order valence-electron chi connectivity index (χ4n) is 5.32. The van der Waals surface area contributed by atoms with Crippen LogP contribution in [0.2, 0.25) is 0 Å². The molecule has 1 saturated carbocycles. The van der Waals surface area contributed by atoms with E-state index in [1.165, 1.54) is 23.9 Å². The number of halogens is 3. The molecule has 5 nitrogen and oxygen atoms in total. The summed E-state index contributed by atoms with van der Waals surface area (Å²) in [4.78, 5) is 14.4. The van der Waals surface area contributed by atoms with E-state index in [0.29, 0.717) is 25.2 Å². The normalized spacial score (nSPS) is 27.4. The van der Waals surface area contributed by atoms with Gasteiger partial charge < -0.3 is 20.1 Å². The van der Waals surface area contributed by atoms with Crippen molar-refractivity contribution in [3.63, 3.8) is 0 Å². The molecule has 1 aliphatic carbocycles. The lowest BCUT2D eigenvalue weighted by atomic mass is 9.74. The van der Waals surface area contributed by atoms with Gasteiger partial charge in [-0.15, -0.1) is 11.8 Å². The van der Waals surface area contributed by atoms with Gasteiger partial charge in [0.25, 0.3) is 0 Å². The molecule has 1 aromatic carbocycles. The molecule has 1 amide bonds. The number of rotatable bonds is 8. The van der Waals surface area contributed by atoms with E-state index in [1.54, 1.807) is 7.11 Å². The molecule has 0 radical (unpaired) electrons. The van der Waals surface area contributed by atoms with Crippen LogP contribution in [0.4, 0.5) is 13.2 Å². The number of hydrogen-bond acceptors (Lipinski definition) is 5. The number of carbonyl (C=O) groups excluding carboxylic acids is 1. The van der Waals surface area contributed by atoms with Crippen LogP contribution in [-0.2, 0) is 27.0 Å². The molecule has 9 heteroatoms. The number of methoxy groups -OCH3 is 1. The van der Waals surface area contributed by atoms with E-state index in [9.17, 15) is 18.0 Å². The van der Waals surface area contributed by atoms with Crippen molar-refractivity contribution in [2.24, 2.45) is 11.3 Å². The van der Waals surface area contributed by atoms with Gasteiger partial charge in [0.1, 0.15) is 0 Å². The van der Waals surface area contributed by atoms with Gasteiger partial charge >= 0.3 is 6.18 Å². The highest BCUT2D eigenvalue weighted by molar-refractivity contribution is 8.00. The second kappa shape index (κ2) is 11.6. The molecular weight excluding hydrogens is 489 g/mol. The molecule has 2 N–H and O–H groups in total. The topological polar surface area (TPSA) is 59.6 Å². The van der Waals surface area contributed by atoms with E-state index in [2.05, 4.69) is 24.5 Å². The van der Waals surface area contributed by atoms with Crippen LogP contribution in [0.1, 0.15) is 71.4 Å². The van der Waals surface area contributed by atoms with Crippen molar-refractivity contribution in [2.45, 2.75) is 101 Å². The Morgan fingerprint density at radius 2 is 1.97 bits per heavy atom. The van der Waals surface area contributed by atoms with E-state index in [-0.39, 0.29) is 41.3 Å². The van der Waals surface area contributed by atoms with Crippen LogP contribution in [0.25, 0.3) is 0 Å². The van der Waals surface area contributed by atoms with Gasteiger partial charge in [-0.05, 0) is 55.4 Å². The van der Waals surface area contributed by atoms with Gasteiger partial charge in [-0.1, -0.05) is 34.6 Å². The van der Waals surface area contributed by atoms with Gasteiger partial charge in [-0.3, -0.25) is 4.79 Å². The molecule has 0 aromatic heterocycles. The van der Waals surface area contributed by atoms with Gasteiger partial charge in [0.2, 0.25) is 5.91 Å². The maximum atomic E-state index is 13.6. The summed E-state index contributed by atoms with van der Waals surface area (Å²) in [5, 5.41) is 6.72. The summed E-state index contributed by atoms with van der Waals surface area (Å²) in [5.41, 5.74) is -0.766. The van der Waals surface area contributed by atoms with E-state index >= 15 is 0 Å². The van der Waals surface area contributed by atoms with Gasteiger partial charge in [0.15, 0.2) is 0 Å². The summed E-state index contributed by atoms with van der Waals surface area (Å²) in [6.07, 6.45) is -1.29. The number of ether oxygens (including phenoxy) is 2. The summed E-state index contributed by atoms with van der Waals surface area (Å²) in [6, 6.07) is 4.17. The van der Waals surface area contributed by atoms with Crippen molar-refractivity contribution >= 4 is 17.7 Å². The van der Waals surface area contributed by atoms with Gasteiger partial charge in [0, 0.05) is 42.0 Å². The zero-order valence-electron chi connectivity index (χ0n) is 22.3. The fraction of sp³-hybridized carbons (Fsp3) is 0.741. The lowest BCUT2D eigenvalue weighted by Crippen LogP contribution is -2.51. The second-order valence-corrected chi connectivity index (χ2v) is 13.2. The summed E-state index contributed by atoms with van der Waals surface area (Å²) in [7, 11) is 1.69. The highest BCUT2D eigenvalue weighted by Crippen LogP contribution is 2.45. The number of amides is 1. The first-order chi connectivity index (χ1) is 16.7. The molecule has 0 bridgehead atoms. The third-order valence-electron chi connectivity index (χ3n) is 7.41. The molecule has 1 aliphatic heterocycles. The Morgan fingerprint density at radius 3 is 2.58 bits per heavy atom. The molecular formula is C27H41F3N2O3S. The molecule has 2 aliphatic rings. The third-order valence-corrected chi connectivity index (χ3v) is 8.64. The van der Waals surface area contributed by atoms with E-state index in [1.807, 2.05) is 20.8 Å². The first-order valence-electron chi connectivity index (χ1n) is 12.8. The number of alkyl halides is 3. The molecule has 1 heterocycles. The molecule has 36 heavy (non-hydrogen) atoms. The maximum absolute atomic E-state index is 13.6. The Balaban J connectivity index is 1.74. The summed E-state index contributed by atoms with van der Waals surface area (Å²) in [6.45, 7) is 11.5. The van der Waals surface area contributed by atoms with Crippen LogP contribution in [0.5, 0.6) is 0 Å². The minimum absolute atomic E-state index is 0.0127. The first-order valence-corrected chi connectivity index (χ1v) is 13.6. The van der Waals surface area contributed by atoms with Crippen molar-refractivity contribution in [1.29, 1.82) is 0 Å². The van der Waals surface area contributed by atoms with E-state index in [0.717, 1.165) is 30.2 Å². The average molecular weight is 531 g/mol. The molecule has 0 spiro atoms. The highest BCUT2D eigenvalue weighted by atomic mass is 32.2. The van der Waals surface area contributed by atoms with Crippen LogP contribution >= 0.6 is 11.8 Å². The highest BCUT2D eigenvalue weighted by Gasteiger charge is 2.48. The van der Waals surface area contributed by atoms with Crippen LogP contribution in [0, 0.1) is 11.3 Å². The molecule has 204 valence electrons. The monoisotopic (exact) mass is 530 g/mol. The average Bonchev–Trinajstić information content (AvgIpc) is 3.22. The van der Waals surface area contributed by atoms with Gasteiger partial charge in [-0.2, -0.15) is 13.2 Å². The summed E-state index contributed by atoms with van der Waals surface area (Å²) >= 11 is 1.51. The zero-order chi connectivity index (χ0) is 26.7. The van der Waals surface area contributed by atoms with Crippen LogP contribution in [0.15, 0.2) is 23.1 Å². The molecule has 2 unspecified atom stereocenters. The third kappa shape index (κ3) is 7.17. The lowest BCUT2D eigenvalue weighted by Gasteiger charge is -2.35. The Morgan fingerprint density at radius 1 is 1.25 bits per heavy atom. The number of benzene rings is 1. The standard InChI is InChI=1S/C27H41F3N2O3S/c1-17(2)26(11-9-20(14-26)32-21-10-12-35-16-22(21)34-6)24(33)31-15-18-13-19(27(28,29)30)7-8-23(18)36-25(3,4)5/h7-8,13,17,20-22,32H,9-12,14-16H2,1-6H3,(H,31,33)/t20-,21?,22?,26+/m1/s1. The molecule has 4 atom stereocenters. The minimum atomic E-state index is -4.43. The van der Waals surface area contributed by atoms with Crippen molar-refractivity contribution in [2.75, 3.05) is 20.3 Å². The predicted octanol–water partition coefficient (Wildman–Crippen LogP) is 5.80. The summed E-state index contributed by atoms with van der Waals surface area (Å²) in [5.74, 6) is 0.0170. The zero-order valence-corrected chi connectivity index (χ0v) is 23.1. The lowest BCUT2D eigenvalue weighted by molar-refractivity contribution is -0.137. The Hall–Kier alpha value is -1.29. The number of nitrogens with one attached hydrogen (secondary N) is 2. The number of hydrogen-bond donors (Lipinski definition) is 2. The molecule has 1 aromatic rings. The SMILES string of the molecule is COC1COCCC1N[C@@H]1CC[C@@](C(=O)NCc2cc(C(F)(F)F)ccc2SC(C)(C)C)(C(C)C)C1. The number of thioether (sulfide) groups is 1. The van der Waals surface area contributed by atoms with Crippen LogP contribution < -0.4 is 10.6 Å². The minimum Gasteiger partial charge on any atom is -0.379 e. The van der Waals surface area contributed by atoms with Crippen molar-refractivity contribution in [1.82, 2.24) is 10.6 Å². The smallest absolute Gasteiger partial charge is 0.379 e. The molecule has 2 fully saturated rings. The van der Waals surface area contributed by atoms with Crippen molar-refractivity contribution in [3.05, 3.63) is 29.3 Å². The Bertz CT molecular complexity index is 903. The van der Waals surface area contributed by atoms with E-state index < -0.39 is 17.2 Å². The van der Waals surface area contributed by atoms with Crippen molar-refractivity contribution < 1.29 is 27.4 Å². The first kappa shape index (κ1) is 29.3. The van der Waals surface area contributed by atoms with Crippen LogP contribution in [-0.4, -0.2) is 49.2 Å². The van der Waals surface area contributed by atoms with E-state index in [4.69, 9.17) is 9.47 Å². The summed E-state index contributed by atoms with van der Waals surface area (Å²) < 4.78 is 51.2. The van der Waals surface area contributed by atoms with Gasteiger partial charge in [0.05, 0.1) is 23.7 Å². The van der Waals surface area contributed by atoms with Crippen molar-refractivity contribution in [3.8, 4) is 0 Å². The quantitative estimate of drug-likeness (QED) is 0.416. The Labute approximate surface area is 217 Å². The largest absolute Gasteiger partial charge is 0.416 e.